The van der Waals surface area contributed by atoms with Gasteiger partial charge in [0.2, 0.25) is 0 Å². The third-order valence-corrected chi connectivity index (χ3v) is 4.28. The van der Waals surface area contributed by atoms with E-state index in [1.165, 1.54) is 9.48 Å². The van der Waals surface area contributed by atoms with Gasteiger partial charge in [-0.05, 0) is 29.8 Å². The van der Waals surface area contributed by atoms with Crippen LogP contribution in [0.2, 0.25) is 0 Å². The van der Waals surface area contributed by atoms with Crippen LogP contribution in [0.5, 0.6) is 0 Å². The van der Waals surface area contributed by atoms with E-state index in [1.54, 1.807) is 28.9 Å². The van der Waals surface area contributed by atoms with Crippen molar-refractivity contribution in [2.45, 2.75) is 40.0 Å². The Morgan fingerprint density at radius 3 is 2.00 bits per heavy atom. The van der Waals surface area contributed by atoms with E-state index in [0.29, 0.717) is 0 Å². The van der Waals surface area contributed by atoms with E-state index in [4.69, 9.17) is 0 Å². The van der Waals surface area contributed by atoms with Gasteiger partial charge in [-0.25, -0.2) is 4.98 Å². The average Bonchev–Trinajstić information content (AvgIpc) is 2.75. The number of aryl methyl sites for hydroxylation is 2. The average molecular weight is 333 g/mol. The summed E-state index contributed by atoms with van der Waals surface area (Å²) in [5, 5.41) is 4.23. The molecule has 0 unspecified atom stereocenters. The van der Waals surface area contributed by atoms with Gasteiger partial charge in [-0.1, -0.05) is 20.8 Å². The molecule has 0 bridgehead atoms. The highest BCUT2D eigenvalue weighted by Gasteiger charge is 2.20. The molecule has 2 aromatic rings. The van der Waals surface area contributed by atoms with Gasteiger partial charge in [0.25, 0.3) is 0 Å². The maximum Gasteiger partial charge on any atom is 0.0937 e. The summed E-state index contributed by atoms with van der Waals surface area (Å²) in [6.45, 7) is 10.5. The highest BCUT2D eigenvalue weighted by molar-refractivity contribution is 9.11. The highest BCUT2D eigenvalue weighted by atomic mass is 79.9. The monoisotopic (exact) mass is 332 g/mol. The summed E-state index contributed by atoms with van der Waals surface area (Å²) in [4.78, 5) is 8.39. The molecule has 0 amide bonds. The molecule has 0 fully saturated rings. The number of halogens is 1. The summed E-state index contributed by atoms with van der Waals surface area (Å²) in [6.07, 6.45) is 1.81. The Morgan fingerprint density at radius 1 is 1.18 bits per heavy atom. The fourth-order valence-electron chi connectivity index (χ4n) is 1.16. The summed E-state index contributed by atoms with van der Waals surface area (Å²) in [5.41, 5.74) is 1.32. The van der Waals surface area contributed by atoms with E-state index in [0.717, 1.165) is 10.0 Å². The van der Waals surface area contributed by atoms with Gasteiger partial charge in [0.05, 0.1) is 19.5 Å². The van der Waals surface area contributed by atoms with E-state index >= 15 is 0 Å². The van der Waals surface area contributed by atoms with Crippen molar-refractivity contribution in [2.24, 2.45) is 0 Å². The van der Waals surface area contributed by atoms with Crippen LogP contribution in [-0.4, -0.2) is 9.97 Å². The maximum atomic E-state index is 4.45. The predicted molar refractivity (Wildman–Crippen MR) is 80.1 cm³/mol. The second-order valence-corrected chi connectivity index (χ2v) is 8.28. The van der Waals surface area contributed by atoms with Crippen molar-refractivity contribution in [2.75, 3.05) is 0 Å². The van der Waals surface area contributed by atoms with Crippen LogP contribution in [0.1, 0.15) is 36.5 Å². The van der Waals surface area contributed by atoms with Crippen molar-refractivity contribution < 1.29 is 0 Å². The minimum Gasteiger partial charge on any atom is -0.250 e. The van der Waals surface area contributed by atoms with Crippen LogP contribution in [0, 0.1) is 13.8 Å². The molecule has 0 aliphatic carbocycles. The topological polar surface area (TPSA) is 25.8 Å². The lowest BCUT2D eigenvalue weighted by Gasteiger charge is -2.15. The summed E-state index contributed by atoms with van der Waals surface area (Å²) in [5.74, 6) is 0. The molecule has 0 saturated carbocycles. The lowest BCUT2D eigenvalue weighted by Crippen LogP contribution is -2.12. The zero-order chi connectivity index (χ0) is 13.1. The Morgan fingerprint density at radius 2 is 1.82 bits per heavy atom. The normalized spacial score (nSPS) is 10.9. The number of thiazole rings is 2. The molecule has 5 heteroatoms. The standard InChI is InChI=1S/C8H12BrNS.C4H5NS/c1-5-10-6(7(9)11-5)8(2,3)4;1-4-5-2-3-6-4/h1-4H3;2-3H,1H3. The van der Waals surface area contributed by atoms with E-state index in [2.05, 4.69) is 46.7 Å². The molecule has 0 aliphatic rings. The molecule has 2 rings (SSSR count). The SMILES string of the molecule is Cc1nc(C(C)(C)C)c(Br)s1.Cc1nccs1. The highest BCUT2D eigenvalue weighted by Crippen LogP contribution is 2.33. The molecule has 0 spiro atoms. The zero-order valence-electron chi connectivity index (χ0n) is 10.7. The van der Waals surface area contributed by atoms with Gasteiger partial charge in [-0.3, -0.25) is 4.98 Å². The molecule has 2 heterocycles. The van der Waals surface area contributed by atoms with Gasteiger partial charge in [0, 0.05) is 17.0 Å². The number of hydrogen-bond donors (Lipinski definition) is 0. The summed E-state index contributed by atoms with van der Waals surface area (Å²) in [7, 11) is 0. The first-order valence-electron chi connectivity index (χ1n) is 5.30. The molecule has 0 aliphatic heterocycles. The van der Waals surface area contributed by atoms with E-state index in [9.17, 15) is 0 Å². The van der Waals surface area contributed by atoms with Gasteiger partial charge in [0.1, 0.15) is 0 Å². The molecule has 0 aromatic carbocycles. The Kier molecular flexibility index (Phi) is 5.28. The summed E-state index contributed by atoms with van der Waals surface area (Å²) in [6, 6.07) is 0. The zero-order valence-corrected chi connectivity index (χ0v) is 14.0. The first kappa shape index (κ1) is 14.8. The second kappa shape index (κ2) is 6.07. The number of hydrogen-bond acceptors (Lipinski definition) is 4. The lowest BCUT2D eigenvalue weighted by molar-refractivity contribution is 0.569. The van der Waals surface area contributed by atoms with Crippen LogP contribution in [0.25, 0.3) is 0 Å². The van der Waals surface area contributed by atoms with Crippen LogP contribution < -0.4 is 0 Å². The van der Waals surface area contributed by atoms with E-state index in [-0.39, 0.29) is 5.41 Å². The van der Waals surface area contributed by atoms with Crippen LogP contribution in [0.4, 0.5) is 0 Å². The number of rotatable bonds is 0. The fourth-order valence-corrected chi connectivity index (χ4v) is 3.83. The molecule has 0 saturated heterocycles. The second-order valence-electron chi connectivity index (χ2n) is 4.66. The van der Waals surface area contributed by atoms with Gasteiger partial charge < -0.3 is 0 Å². The van der Waals surface area contributed by atoms with E-state index < -0.39 is 0 Å². The predicted octanol–water partition coefficient (Wildman–Crippen LogP) is 4.96. The molecule has 0 radical (unpaired) electrons. The van der Waals surface area contributed by atoms with Crippen molar-refractivity contribution >= 4 is 38.6 Å². The van der Waals surface area contributed by atoms with Crippen LogP contribution >= 0.6 is 38.6 Å². The first-order chi connectivity index (χ1) is 7.80. The number of nitrogens with zero attached hydrogens (tertiary/aromatic N) is 2. The van der Waals surface area contributed by atoms with Crippen molar-refractivity contribution in [3.8, 4) is 0 Å². The van der Waals surface area contributed by atoms with Crippen molar-refractivity contribution in [3.63, 3.8) is 0 Å². The maximum absolute atomic E-state index is 4.45. The Hall–Kier alpha value is -0.260. The number of aromatic nitrogens is 2. The van der Waals surface area contributed by atoms with Gasteiger partial charge in [-0.2, -0.15) is 0 Å². The smallest absolute Gasteiger partial charge is 0.0937 e. The molecule has 0 atom stereocenters. The van der Waals surface area contributed by atoms with Crippen molar-refractivity contribution in [3.05, 3.63) is 31.1 Å². The Bertz CT molecular complexity index is 455. The largest absolute Gasteiger partial charge is 0.250 e. The third kappa shape index (κ3) is 4.85. The summed E-state index contributed by atoms with van der Waals surface area (Å²) >= 11 is 6.88. The lowest BCUT2D eigenvalue weighted by atomic mass is 9.93. The molecule has 2 aromatic heterocycles. The van der Waals surface area contributed by atoms with Gasteiger partial charge in [0.15, 0.2) is 0 Å². The van der Waals surface area contributed by atoms with Crippen LogP contribution in [0.15, 0.2) is 15.4 Å². The van der Waals surface area contributed by atoms with Gasteiger partial charge >= 0.3 is 0 Å². The fraction of sp³-hybridized carbons (Fsp3) is 0.500. The van der Waals surface area contributed by atoms with Gasteiger partial charge in [-0.15, -0.1) is 22.7 Å². The van der Waals surface area contributed by atoms with Crippen molar-refractivity contribution in [1.82, 2.24) is 9.97 Å². The summed E-state index contributed by atoms with van der Waals surface area (Å²) < 4.78 is 1.17. The van der Waals surface area contributed by atoms with E-state index in [1.807, 2.05) is 19.2 Å². The minimum atomic E-state index is 0.156. The van der Waals surface area contributed by atoms with Crippen molar-refractivity contribution in [1.29, 1.82) is 0 Å². The Labute approximate surface area is 119 Å². The molecular formula is C12H17BrN2S2. The minimum absolute atomic E-state index is 0.156. The van der Waals surface area contributed by atoms with Crippen LogP contribution in [-0.2, 0) is 5.41 Å². The molecular weight excluding hydrogens is 316 g/mol. The molecule has 2 nitrogen and oxygen atoms in total. The van der Waals surface area contributed by atoms with Crippen LogP contribution in [0.3, 0.4) is 0 Å². The third-order valence-electron chi connectivity index (χ3n) is 1.96. The molecule has 17 heavy (non-hydrogen) atoms. The molecule has 94 valence electrons. The molecule has 0 N–H and O–H groups in total. The Balaban J connectivity index is 0.000000202. The quantitative estimate of drug-likeness (QED) is 0.681. The first-order valence-corrected chi connectivity index (χ1v) is 7.79.